The Morgan fingerprint density at radius 3 is 2.26 bits per heavy atom. The predicted molar refractivity (Wildman–Crippen MR) is 103 cm³/mol. The van der Waals surface area contributed by atoms with E-state index in [1.54, 1.807) is 14.1 Å². The summed E-state index contributed by atoms with van der Waals surface area (Å²) in [5.74, 6) is -0.567. The molecule has 1 aliphatic heterocycles. The minimum atomic E-state index is -3.09. The number of sulfone groups is 1. The summed E-state index contributed by atoms with van der Waals surface area (Å²) in [6.45, 7) is 0. The lowest BCUT2D eigenvalue weighted by molar-refractivity contribution is 0.0747. The number of para-hydroxylation sites is 1. The van der Waals surface area contributed by atoms with Crippen LogP contribution in [0.2, 0.25) is 0 Å². The SMILES string of the molecule is CN(C(=O)c1cncc(C(=O)N(C)C2CCS(=O)(=O)C2)c1)c1ccccc1. The van der Waals surface area contributed by atoms with Gasteiger partial charge < -0.3 is 9.80 Å². The smallest absolute Gasteiger partial charge is 0.259 e. The Balaban J connectivity index is 1.79. The number of pyridine rings is 1. The molecule has 0 radical (unpaired) electrons. The highest BCUT2D eigenvalue weighted by atomic mass is 32.2. The Morgan fingerprint density at radius 2 is 1.67 bits per heavy atom. The van der Waals surface area contributed by atoms with Crippen LogP contribution in [-0.4, -0.2) is 61.8 Å². The second-order valence-corrected chi connectivity index (χ2v) is 8.86. The van der Waals surface area contributed by atoms with Crippen LogP contribution in [0.4, 0.5) is 5.69 Å². The van der Waals surface area contributed by atoms with E-state index in [0.717, 1.165) is 5.69 Å². The topological polar surface area (TPSA) is 87.7 Å². The number of anilines is 1. The molecule has 3 rings (SSSR count). The fourth-order valence-corrected chi connectivity index (χ4v) is 4.86. The Labute approximate surface area is 158 Å². The van der Waals surface area contributed by atoms with Crippen LogP contribution in [0.5, 0.6) is 0 Å². The van der Waals surface area contributed by atoms with Gasteiger partial charge in [0.25, 0.3) is 11.8 Å². The molecule has 2 amide bonds. The zero-order valence-corrected chi connectivity index (χ0v) is 16.0. The van der Waals surface area contributed by atoms with Crippen molar-refractivity contribution in [2.24, 2.45) is 0 Å². The molecule has 1 aromatic heterocycles. The van der Waals surface area contributed by atoms with E-state index in [1.807, 2.05) is 30.3 Å². The molecule has 8 heteroatoms. The lowest BCUT2D eigenvalue weighted by Gasteiger charge is -2.23. The van der Waals surface area contributed by atoms with Crippen molar-refractivity contribution in [1.29, 1.82) is 0 Å². The summed E-state index contributed by atoms with van der Waals surface area (Å²) >= 11 is 0. The van der Waals surface area contributed by atoms with Gasteiger partial charge in [0.05, 0.1) is 22.6 Å². The zero-order chi connectivity index (χ0) is 19.6. The van der Waals surface area contributed by atoms with E-state index in [4.69, 9.17) is 0 Å². The first-order chi connectivity index (χ1) is 12.8. The van der Waals surface area contributed by atoms with Crippen molar-refractivity contribution >= 4 is 27.3 Å². The third-order valence-corrected chi connectivity index (χ3v) is 6.51. The molecule has 0 saturated carbocycles. The molecule has 1 fully saturated rings. The van der Waals surface area contributed by atoms with Crippen LogP contribution in [0, 0.1) is 0 Å². The van der Waals surface area contributed by atoms with Gasteiger partial charge in [0.1, 0.15) is 0 Å². The molecule has 0 aliphatic carbocycles. The number of rotatable bonds is 4. The summed E-state index contributed by atoms with van der Waals surface area (Å²) in [7, 11) is 0.146. The van der Waals surface area contributed by atoms with E-state index in [-0.39, 0.29) is 34.9 Å². The third kappa shape index (κ3) is 4.16. The predicted octanol–water partition coefficient (Wildman–Crippen LogP) is 1.62. The molecule has 0 spiro atoms. The normalized spacial score (nSPS) is 18.1. The van der Waals surface area contributed by atoms with Crippen LogP contribution in [0.25, 0.3) is 0 Å². The molecular formula is C19H21N3O4S. The van der Waals surface area contributed by atoms with E-state index in [0.29, 0.717) is 12.0 Å². The zero-order valence-electron chi connectivity index (χ0n) is 15.2. The van der Waals surface area contributed by atoms with Crippen molar-refractivity contribution in [2.45, 2.75) is 12.5 Å². The van der Waals surface area contributed by atoms with Crippen LogP contribution in [0.3, 0.4) is 0 Å². The van der Waals surface area contributed by atoms with Crippen LogP contribution in [-0.2, 0) is 9.84 Å². The van der Waals surface area contributed by atoms with E-state index < -0.39 is 9.84 Å². The van der Waals surface area contributed by atoms with E-state index >= 15 is 0 Å². The van der Waals surface area contributed by atoms with Gasteiger partial charge >= 0.3 is 0 Å². The fourth-order valence-electron chi connectivity index (χ4n) is 3.09. The molecule has 7 nitrogen and oxygen atoms in total. The molecule has 1 aliphatic rings. The maximum absolute atomic E-state index is 12.7. The minimum Gasteiger partial charge on any atom is -0.338 e. The second-order valence-electron chi connectivity index (χ2n) is 6.63. The maximum Gasteiger partial charge on any atom is 0.259 e. The van der Waals surface area contributed by atoms with Crippen LogP contribution >= 0.6 is 0 Å². The summed E-state index contributed by atoms with van der Waals surface area (Å²) in [5, 5.41) is 0. The molecule has 1 saturated heterocycles. The number of nitrogens with zero attached hydrogens (tertiary/aromatic N) is 3. The number of aromatic nitrogens is 1. The van der Waals surface area contributed by atoms with Gasteiger partial charge in [-0.25, -0.2) is 8.42 Å². The lowest BCUT2D eigenvalue weighted by Crippen LogP contribution is -2.38. The van der Waals surface area contributed by atoms with Gasteiger partial charge in [-0.3, -0.25) is 14.6 Å². The molecule has 1 aromatic carbocycles. The number of hydrogen-bond acceptors (Lipinski definition) is 5. The first kappa shape index (κ1) is 19.0. The van der Waals surface area contributed by atoms with Gasteiger partial charge in [0, 0.05) is 38.2 Å². The Bertz CT molecular complexity index is 960. The average Bonchev–Trinajstić information content (AvgIpc) is 3.06. The van der Waals surface area contributed by atoms with Crippen molar-refractivity contribution < 1.29 is 18.0 Å². The third-order valence-electron chi connectivity index (χ3n) is 4.76. The van der Waals surface area contributed by atoms with Crippen LogP contribution in [0.15, 0.2) is 48.8 Å². The number of benzene rings is 1. The molecule has 0 N–H and O–H groups in total. The van der Waals surface area contributed by atoms with E-state index in [1.165, 1.54) is 28.3 Å². The van der Waals surface area contributed by atoms with Gasteiger partial charge in [-0.05, 0) is 24.6 Å². The highest BCUT2D eigenvalue weighted by molar-refractivity contribution is 7.91. The van der Waals surface area contributed by atoms with Crippen molar-refractivity contribution in [3.63, 3.8) is 0 Å². The number of carbonyl (C=O) groups is 2. The highest BCUT2D eigenvalue weighted by Gasteiger charge is 2.33. The fraction of sp³-hybridized carbons (Fsp3) is 0.316. The molecule has 1 atom stereocenters. The second kappa shape index (κ2) is 7.48. The molecular weight excluding hydrogens is 366 g/mol. The molecule has 0 bridgehead atoms. The molecule has 2 aromatic rings. The molecule has 1 unspecified atom stereocenters. The lowest BCUT2D eigenvalue weighted by atomic mass is 10.1. The van der Waals surface area contributed by atoms with Crippen molar-refractivity contribution in [2.75, 3.05) is 30.5 Å². The average molecular weight is 387 g/mol. The maximum atomic E-state index is 12.7. The largest absolute Gasteiger partial charge is 0.338 e. The Kier molecular flexibility index (Phi) is 5.27. The van der Waals surface area contributed by atoms with Crippen molar-refractivity contribution in [3.8, 4) is 0 Å². The minimum absolute atomic E-state index is 0.0297. The number of carbonyl (C=O) groups excluding carboxylic acids is 2. The highest BCUT2D eigenvalue weighted by Crippen LogP contribution is 2.19. The van der Waals surface area contributed by atoms with Gasteiger partial charge in [0.2, 0.25) is 0 Å². The van der Waals surface area contributed by atoms with Crippen LogP contribution in [0.1, 0.15) is 27.1 Å². The first-order valence-electron chi connectivity index (χ1n) is 8.54. The first-order valence-corrected chi connectivity index (χ1v) is 10.4. The van der Waals surface area contributed by atoms with Gasteiger partial charge in [-0.15, -0.1) is 0 Å². The van der Waals surface area contributed by atoms with Gasteiger partial charge in [0.15, 0.2) is 9.84 Å². The summed E-state index contributed by atoms with van der Waals surface area (Å²) in [6, 6.07) is 10.3. The number of hydrogen-bond donors (Lipinski definition) is 0. The Morgan fingerprint density at radius 1 is 1.04 bits per heavy atom. The molecule has 2 heterocycles. The Hall–Kier alpha value is -2.74. The van der Waals surface area contributed by atoms with Crippen LogP contribution < -0.4 is 4.90 Å². The molecule has 142 valence electrons. The quantitative estimate of drug-likeness (QED) is 0.795. The standard InChI is InChI=1S/C19H21N3O4S/c1-21(16-6-4-3-5-7-16)18(23)14-10-15(12-20-11-14)19(24)22(2)17-8-9-27(25,26)13-17/h3-7,10-12,17H,8-9,13H2,1-2H3. The summed E-state index contributed by atoms with van der Waals surface area (Å²) in [6.07, 6.45) is 3.23. The van der Waals surface area contributed by atoms with Gasteiger partial charge in [-0.1, -0.05) is 18.2 Å². The van der Waals surface area contributed by atoms with E-state index in [9.17, 15) is 18.0 Å². The monoisotopic (exact) mass is 387 g/mol. The van der Waals surface area contributed by atoms with E-state index in [2.05, 4.69) is 4.98 Å². The number of amides is 2. The summed E-state index contributed by atoms with van der Waals surface area (Å²) < 4.78 is 23.3. The van der Waals surface area contributed by atoms with Gasteiger partial charge in [-0.2, -0.15) is 0 Å². The molecule has 27 heavy (non-hydrogen) atoms. The van der Waals surface area contributed by atoms with Crippen molar-refractivity contribution in [1.82, 2.24) is 9.88 Å². The summed E-state index contributed by atoms with van der Waals surface area (Å²) in [4.78, 5) is 32.4. The summed E-state index contributed by atoms with van der Waals surface area (Å²) in [5.41, 5.74) is 1.28. The van der Waals surface area contributed by atoms with Crippen molar-refractivity contribution in [3.05, 3.63) is 59.9 Å².